The Hall–Kier alpha value is -0.585. The Morgan fingerprint density at radius 2 is 1.71 bits per heavy atom. The van der Waals surface area contributed by atoms with Crippen LogP contribution in [0.2, 0.25) is 0 Å². The molecule has 0 aromatic carbocycles. The molecule has 0 atom stereocenters. The van der Waals surface area contributed by atoms with Crippen LogP contribution in [0.25, 0.3) is 0 Å². The molecule has 0 radical (unpaired) electrons. The molecule has 2 heterocycles. The van der Waals surface area contributed by atoms with Crippen molar-refractivity contribution >= 4 is 28.4 Å². The first kappa shape index (κ1) is 12.9. The number of hydrogen-bond donors (Lipinski definition) is 1. The summed E-state index contributed by atoms with van der Waals surface area (Å²) < 4.78 is 13.1. The van der Waals surface area contributed by atoms with Gasteiger partial charge in [0.1, 0.15) is 0 Å². The number of anilines is 1. The molecule has 1 aliphatic heterocycles. The van der Waals surface area contributed by atoms with E-state index in [0.29, 0.717) is 0 Å². The lowest BCUT2D eigenvalue weighted by Crippen LogP contribution is -2.41. The van der Waals surface area contributed by atoms with Crippen molar-refractivity contribution in [3.05, 3.63) is 5.69 Å². The monoisotopic (exact) mass is 254 g/mol. The number of rotatable bonds is 2. The number of nitrogens with zero attached hydrogens (tertiary/aromatic N) is 1. The number of nitrogens with one attached hydrogen (secondary N) is 1. The van der Waals surface area contributed by atoms with Gasteiger partial charge in [0.25, 0.3) is 0 Å². The molecule has 1 aliphatic rings. The summed E-state index contributed by atoms with van der Waals surface area (Å²) in [6, 6.07) is 0. The number of hydrogen-bond acceptors (Lipinski definition) is 5. The Kier molecular flexibility index (Phi) is 3.00. The molecule has 0 amide bonds. The molecule has 0 saturated carbocycles. The van der Waals surface area contributed by atoms with Crippen LogP contribution in [0, 0.1) is 6.92 Å². The number of thiazole rings is 1. The van der Waals surface area contributed by atoms with E-state index in [-0.39, 0.29) is 18.3 Å². The van der Waals surface area contributed by atoms with Crippen LogP contribution in [0.3, 0.4) is 0 Å². The van der Waals surface area contributed by atoms with Crippen molar-refractivity contribution in [2.45, 2.75) is 45.8 Å². The molecule has 0 aliphatic carbocycles. The van der Waals surface area contributed by atoms with Crippen LogP contribution >= 0.6 is 11.3 Å². The second-order valence-corrected chi connectivity index (χ2v) is 6.34. The molecular weight excluding hydrogens is 235 g/mol. The minimum Gasteiger partial charge on any atom is -0.399 e. The molecule has 4 nitrogen and oxygen atoms in total. The van der Waals surface area contributed by atoms with E-state index < -0.39 is 0 Å². The van der Waals surface area contributed by atoms with Crippen molar-refractivity contribution in [1.29, 1.82) is 0 Å². The van der Waals surface area contributed by atoms with E-state index >= 15 is 0 Å². The third-order valence-electron chi connectivity index (χ3n) is 3.51. The van der Waals surface area contributed by atoms with E-state index in [0.717, 1.165) is 15.6 Å². The molecule has 1 saturated heterocycles. The summed E-state index contributed by atoms with van der Waals surface area (Å²) in [4.78, 5) is 4.42. The molecule has 0 spiro atoms. The molecule has 2 rings (SSSR count). The van der Waals surface area contributed by atoms with E-state index in [1.807, 2.05) is 14.0 Å². The van der Waals surface area contributed by atoms with Crippen LogP contribution in [0.1, 0.15) is 33.4 Å². The maximum absolute atomic E-state index is 6.01. The highest BCUT2D eigenvalue weighted by Gasteiger charge is 2.52. The smallest absolute Gasteiger partial charge is 0.399 e. The van der Waals surface area contributed by atoms with Gasteiger partial charge < -0.3 is 14.6 Å². The second kappa shape index (κ2) is 3.97. The summed E-state index contributed by atoms with van der Waals surface area (Å²) in [5.74, 6) is 0. The molecular formula is C11H19BN2O2S. The van der Waals surface area contributed by atoms with Gasteiger partial charge in [-0.3, -0.25) is 0 Å². The first-order chi connectivity index (χ1) is 7.77. The van der Waals surface area contributed by atoms with Gasteiger partial charge in [-0.15, -0.1) is 11.3 Å². The lowest BCUT2D eigenvalue weighted by Gasteiger charge is -2.32. The molecule has 0 unspecified atom stereocenters. The summed E-state index contributed by atoms with van der Waals surface area (Å²) in [6.45, 7) is 10.2. The fourth-order valence-corrected chi connectivity index (χ4v) is 2.56. The SMILES string of the molecule is CNc1nc(C)c(B2OC(C)(C)C(C)(C)O2)s1. The van der Waals surface area contributed by atoms with Gasteiger partial charge in [-0.1, -0.05) is 0 Å². The molecule has 1 N–H and O–H groups in total. The van der Waals surface area contributed by atoms with E-state index in [2.05, 4.69) is 38.0 Å². The zero-order chi connectivity index (χ0) is 12.8. The summed E-state index contributed by atoms with van der Waals surface area (Å²) in [5.41, 5.74) is 0.375. The quantitative estimate of drug-likeness (QED) is 0.817. The van der Waals surface area contributed by atoms with E-state index in [4.69, 9.17) is 9.31 Å². The average molecular weight is 254 g/mol. The van der Waals surface area contributed by atoms with Crippen molar-refractivity contribution in [3.8, 4) is 0 Å². The minimum atomic E-state index is -0.306. The standard InChI is InChI=1S/C11H19BN2O2S/c1-7-8(17-9(13-6)14-7)12-15-10(2,3)11(4,5)16-12/h1-6H3,(H,13,14). The summed E-state index contributed by atoms with van der Waals surface area (Å²) >= 11 is 1.59. The van der Waals surface area contributed by atoms with E-state index in [1.54, 1.807) is 11.3 Å². The van der Waals surface area contributed by atoms with Crippen molar-refractivity contribution in [2.24, 2.45) is 0 Å². The fraction of sp³-hybridized carbons (Fsp3) is 0.727. The highest BCUT2D eigenvalue weighted by molar-refractivity contribution is 7.25. The Morgan fingerprint density at radius 1 is 1.18 bits per heavy atom. The van der Waals surface area contributed by atoms with Crippen LogP contribution in [0.4, 0.5) is 5.13 Å². The number of aryl methyl sites for hydroxylation is 1. The summed E-state index contributed by atoms with van der Waals surface area (Å²) in [5, 5.41) is 3.94. The Balaban J connectivity index is 2.28. The summed E-state index contributed by atoms with van der Waals surface area (Å²) in [6.07, 6.45) is 0. The number of aromatic nitrogens is 1. The van der Waals surface area contributed by atoms with Crippen LogP contribution in [0.15, 0.2) is 0 Å². The van der Waals surface area contributed by atoms with Gasteiger partial charge >= 0.3 is 7.12 Å². The molecule has 6 heteroatoms. The first-order valence-corrected chi connectivity index (χ1v) is 6.59. The van der Waals surface area contributed by atoms with Crippen LogP contribution < -0.4 is 10.1 Å². The molecule has 1 aromatic rings. The van der Waals surface area contributed by atoms with Gasteiger partial charge in [-0.05, 0) is 34.6 Å². The molecule has 0 bridgehead atoms. The summed E-state index contributed by atoms with van der Waals surface area (Å²) in [7, 11) is 1.56. The van der Waals surface area contributed by atoms with Crippen molar-refractivity contribution in [1.82, 2.24) is 4.98 Å². The molecule has 1 fully saturated rings. The van der Waals surface area contributed by atoms with Gasteiger partial charge in [-0.25, -0.2) is 4.98 Å². The predicted molar refractivity (Wildman–Crippen MR) is 72.1 cm³/mol. The van der Waals surface area contributed by atoms with Gasteiger partial charge in [0.2, 0.25) is 0 Å². The average Bonchev–Trinajstić information content (AvgIpc) is 2.66. The molecule has 94 valence electrons. The molecule has 17 heavy (non-hydrogen) atoms. The Morgan fingerprint density at radius 3 is 2.12 bits per heavy atom. The normalized spacial score (nSPS) is 21.9. The van der Waals surface area contributed by atoms with Crippen LogP contribution in [-0.4, -0.2) is 30.4 Å². The highest BCUT2D eigenvalue weighted by atomic mass is 32.1. The van der Waals surface area contributed by atoms with E-state index in [1.165, 1.54) is 0 Å². The van der Waals surface area contributed by atoms with Gasteiger partial charge in [0.05, 0.1) is 21.7 Å². The highest BCUT2D eigenvalue weighted by Crippen LogP contribution is 2.37. The van der Waals surface area contributed by atoms with Gasteiger partial charge in [0.15, 0.2) is 5.13 Å². The largest absolute Gasteiger partial charge is 0.507 e. The molecule has 1 aromatic heterocycles. The zero-order valence-corrected chi connectivity index (χ0v) is 12.1. The van der Waals surface area contributed by atoms with Gasteiger partial charge in [-0.2, -0.15) is 0 Å². The zero-order valence-electron chi connectivity index (χ0n) is 11.2. The maximum atomic E-state index is 6.01. The van der Waals surface area contributed by atoms with Gasteiger partial charge in [0, 0.05) is 7.05 Å². The predicted octanol–water partition coefficient (Wildman–Crippen LogP) is 1.79. The third-order valence-corrected chi connectivity index (χ3v) is 4.71. The maximum Gasteiger partial charge on any atom is 0.507 e. The van der Waals surface area contributed by atoms with Crippen LogP contribution in [0.5, 0.6) is 0 Å². The van der Waals surface area contributed by atoms with Crippen molar-refractivity contribution in [2.75, 3.05) is 12.4 Å². The lowest BCUT2D eigenvalue weighted by molar-refractivity contribution is 0.00578. The topological polar surface area (TPSA) is 43.4 Å². The lowest BCUT2D eigenvalue weighted by atomic mass is 9.86. The Bertz CT molecular complexity index is 415. The third kappa shape index (κ3) is 2.09. The minimum absolute atomic E-state index is 0.298. The van der Waals surface area contributed by atoms with Crippen molar-refractivity contribution in [3.63, 3.8) is 0 Å². The van der Waals surface area contributed by atoms with Crippen molar-refractivity contribution < 1.29 is 9.31 Å². The fourth-order valence-electron chi connectivity index (χ4n) is 1.68. The Labute approximate surface area is 107 Å². The second-order valence-electron chi connectivity index (χ2n) is 5.31. The van der Waals surface area contributed by atoms with E-state index in [9.17, 15) is 0 Å². The first-order valence-electron chi connectivity index (χ1n) is 5.77. The van der Waals surface area contributed by atoms with Crippen LogP contribution in [-0.2, 0) is 9.31 Å².